The van der Waals surface area contributed by atoms with Gasteiger partial charge >= 0.3 is 0 Å². The second-order valence-corrected chi connectivity index (χ2v) is 3.03. The molecular weight excluding hydrogens is 223 g/mol. The molecule has 0 unspecified atom stereocenters. The number of hydrogen-bond donors (Lipinski definition) is 0. The second kappa shape index (κ2) is 3.20. The summed E-state index contributed by atoms with van der Waals surface area (Å²) >= 11 is 2.34. The van der Waals surface area contributed by atoms with Crippen molar-refractivity contribution in [2.45, 2.75) is 13.3 Å². The minimum absolute atomic E-state index is 1.11. The van der Waals surface area contributed by atoms with Gasteiger partial charge in [-0.25, -0.2) is 0 Å². The Morgan fingerprint density at radius 3 is 2.89 bits per heavy atom. The van der Waals surface area contributed by atoms with Gasteiger partial charge in [0.05, 0.1) is 0 Å². The summed E-state index contributed by atoms with van der Waals surface area (Å²) < 4.78 is 1.34. The van der Waals surface area contributed by atoms with Gasteiger partial charge in [0.2, 0.25) is 0 Å². The molecule has 0 aliphatic rings. The van der Waals surface area contributed by atoms with Crippen LogP contribution in [-0.2, 0) is 6.42 Å². The first-order valence-electron chi connectivity index (χ1n) is 2.99. The van der Waals surface area contributed by atoms with Gasteiger partial charge in [-0.2, -0.15) is 0 Å². The van der Waals surface area contributed by atoms with Gasteiger partial charge in [0.1, 0.15) is 0 Å². The smallest absolute Gasteiger partial charge is 0.0162 e. The molecule has 1 rings (SSSR count). The molecule has 47 valence electrons. The monoisotopic (exact) mass is 231 g/mol. The van der Waals surface area contributed by atoms with Gasteiger partial charge in [0, 0.05) is 3.57 Å². The predicted octanol–water partition coefficient (Wildman–Crippen LogP) is 2.65. The van der Waals surface area contributed by atoms with Crippen molar-refractivity contribution in [2.24, 2.45) is 0 Å². The highest BCUT2D eigenvalue weighted by Crippen LogP contribution is 2.10. The van der Waals surface area contributed by atoms with Crippen molar-refractivity contribution in [2.75, 3.05) is 0 Å². The molecule has 0 aliphatic heterocycles. The van der Waals surface area contributed by atoms with Gasteiger partial charge in [-0.05, 0) is 46.7 Å². The van der Waals surface area contributed by atoms with E-state index in [1.165, 1.54) is 9.13 Å². The normalized spacial score (nSPS) is 9.56. The Balaban J connectivity index is 3.01. The first-order valence-corrected chi connectivity index (χ1v) is 4.07. The number of hydrogen-bond acceptors (Lipinski definition) is 0. The fraction of sp³-hybridized carbons (Fsp3) is 0.250. The van der Waals surface area contributed by atoms with Gasteiger partial charge in [0.15, 0.2) is 0 Å². The first kappa shape index (κ1) is 7.06. The molecule has 0 aromatic heterocycles. The summed E-state index contributed by atoms with van der Waals surface area (Å²) in [5.41, 5.74) is 1.39. The summed E-state index contributed by atoms with van der Waals surface area (Å²) in [6, 6.07) is 9.12. The molecule has 0 fully saturated rings. The number of rotatable bonds is 1. The van der Waals surface area contributed by atoms with Crippen LogP contribution in [0.4, 0.5) is 0 Å². The fourth-order valence-electron chi connectivity index (χ4n) is 0.717. The van der Waals surface area contributed by atoms with E-state index in [4.69, 9.17) is 0 Å². The largest absolute Gasteiger partial charge is 0.0613 e. The standard InChI is InChI=1S/C8H8I/c1-2-7-5-3-4-6-8(7)9/h4-6H,2H2,1H3. The van der Waals surface area contributed by atoms with Gasteiger partial charge in [-0.15, -0.1) is 0 Å². The summed E-state index contributed by atoms with van der Waals surface area (Å²) in [5.74, 6) is 0. The lowest BCUT2D eigenvalue weighted by Crippen LogP contribution is -1.82. The average molecular weight is 231 g/mol. The molecule has 0 nitrogen and oxygen atoms in total. The lowest BCUT2D eigenvalue weighted by Gasteiger charge is -1.96. The van der Waals surface area contributed by atoms with E-state index in [2.05, 4.69) is 41.6 Å². The Morgan fingerprint density at radius 2 is 2.44 bits per heavy atom. The van der Waals surface area contributed by atoms with Crippen molar-refractivity contribution in [3.05, 3.63) is 33.4 Å². The first-order chi connectivity index (χ1) is 4.34. The van der Waals surface area contributed by atoms with Crippen LogP contribution in [-0.4, -0.2) is 0 Å². The van der Waals surface area contributed by atoms with Crippen LogP contribution >= 0.6 is 22.6 Å². The zero-order valence-corrected chi connectivity index (χ0v) is 7.47. The molecule has 0 atom stereocenters. The molecule has 0 saturated carbocycles. The van der Waals surface area contributed by atoms with E-state index in [9.17, 15) is 0 Å². The number of benzene rings is 1. The summed E-state index contributed by atoms with van der Waals surface area (Å²) in [6.45, 7) is 2.16. The van der Waals surface area contributed by atoms with Crippen LogP contribution in [0.5, 0.6) is 0 Å². The third-order valence-electron chi connectivity index (χ3n) is 1.27. The minimum atomic E-state index is 1.11. The molecule has 0 aliphatic carbocycles. The van der Waals surface area contributed by atoms with Crippen LogP contribution in [0.2, 0.25) is 0 Å². The van der Waals surface area contributed by atoms with Crippen LogP contribution in [0.1, 0.15) is 12.5 Å². The number of halogens is 1. The summed E-state index contributed by atoms with van der Waals surface area (Å²) in [7, 11) is 0. The van der Waals surface area contributed by atoms with Crippen molar-refractivity contribution in [1.29, 1.82) is 0 Å². The molecule has 0 heterocycles. The zero-order chi connectivity index (χ0) is 6.69. The SMILES string of the molecule is CCc1c[c]ccc1I. The Kier molecular flexibility index (Phi) is 2.51. The lowest BCUT2D eigenvalue weighted by atomic mass is 10.2. The minimum Gasteiger partial charge on any atom is -0.0613 e. The fourth-order valence-corrected chi connectivity index (χ4v) is 1.43. The van der Waals surface area contributed by atoms with Crippen molar-refractivity contribution in [3.63, 3.8) is 0 Å². The highest BCUT2D eigenvalue weighted by atomic mass is 127. The second-order valence-electron chi connectivity index (χ2n) is 1.87. The Labute approximate surface area is 69.4 Å². The highest BCUT2D eigenvalue weighted by Gasteiger charge is 1.91. The quantitative estimate of drug-likeness (QED) is 0.652. The highest BCUT2D eigenvalue weighted by molar-refractivity contribution is 14.1. The number of aryl methyl sites for hydroxylation is 1. The molecular formula is C8H8I. The molecule has 1 heteroatoms. The van der Waals surface area contributed by atoms with E-state index in [0.717, 1.165) is 6.42 Å². The van der Waals surface area contributed by atoms with Crippen LogP contribution in [0.15, 0.2) is 18.2 Å². The third-order valence-corrected chi connectivity index (χ3v) is 2.32. The molecule has 0 amide bonds. The van der Waals surface area contributed by atoms with Crippen molar-refractivity contribution in [1.82, 2.24) is 0 Å². The topological polar surface area (TPSA) is 0 Å². The molecule has 0 bridgehead atoms. The Hall–Kier alpha value is -0.0500. The molecule has 0 N–H and O–H groups in total. The summed E-state index contributed by atoms with van der Waals surface area (Å²) in [6.07, 6.45) is 1.11. The van der Waals surface area contributed by atoms with Crippen molar-refractivity contribution < 1.29 is 0 Å². The van der Waals surface area contributed by atoms with Crippen LogP contribution in [0.3, 0.4) is 0 Å². The molecule has 1 aromatic carbocycles. The van der Waals surface area contributed by atoms with Crippen molar-refractivity contribution >= 4 is 22.6 Å². The predicted molar refractivity (Wildman–Crippen MR) is 47.4 cm³/mol. The molecule has 0 saturated heterocycles. The van der Waals surface area contributed by atoms with Crippen LogP contribution in [0.25, 0.3) is 0 Å². The van der Waals surface area contributed by atoms with E-state index >= 15 is 0 Å². The van der Waals surface area contributed by atoms with Crippen LogP contribution in [0, 0.1) is 9.64 Å². The summed E-state index contributed by atoms with van der Waals surface area (Å²) in [4.78, 5) is 0. The van der Waals surface area contributed by atoms with E-state index in [-0.39, 0.29) is 0 Å². The van der Waals surface area contributed by atoms with Gasteiger partial charge in [-0.1, -0.05) is 19.1 Å². The van der Waals surface area contributed by atoms with E-state index in [1.807, 2.05) is 12.1 Å². The molecule has 0 spiro atoms. The molecule has 1 aromatic rings. The Bertz CT molecular complexity index is 194. The molecule has 1 radical (unpaired) electrons. The zero-order valence-electron chi connectivity index (χ0n) is 5.32. The van der Waals surface area contributed by atoms with Crippen LogP contribution < -0.4 is 0 Å². The van der Waals surface area contributed by atoms with E-state index in [1.54, 1.807) is 0 Å². The van der Waals surface area contributed by atoms with E-state index < -0.39 is 0 Å². The van der Waals surface area contributed by atoms with Gasteiger partial charge < -0.3 is 0 Å². The van der Waals surface area contributed by atoms with E-state index in [0.29, 0.717) is 0 Å². The lowest BCUT2D eigenvalue weighted by molar-refractivity contribution is 1.12. The molecule has 9 heavy (non-hydrogen) atoms. The maximum absolute atomic E-state index is 3.05. The van der Waals surface area contributed by atoms with Gasteiger partial charge in [0.25, 0.3) is 0 Å². The maximum Gasteiger partial charge on any atom is 0.0162 e. The average Bonchev–Trinajstić information content (AvgIpc) is 1.89. The van der Waals surface area contributed by atoms with Crippen molar-refractivity contribution in [3.8, 4) is 0 Å². The third kappa shape index (κ3) is 1.68. The summed E-state index contributed by atoms with van der Waals surface area (Å²) in [5, 5.41) is 0. The maximum atomic E-state index is 3.05. The van der Waals surface area contributed by atoms with Gasteiger partial charge in [-0.3, -0.25) is 0 Å². The Morgan fingerprint density at radius 1 is 1.67 bits per heavy atom.